The molecule has 0 radical (unpaired) electrons. The fraction of sp³-hybridized carbons (Fsp3) is 0.400. The average Bonchev–Trinajstić information content (AvgIpc) is 2.18. The lowest BCUT2D eigenvalue weighted by atomic mass is 10.2. The minimum absolute atomic E-state index is 0.0578. The minimum atomic E-state index is 0.0578. The normalized spacial score (nSPS) is 10.3. The van der Waals surface area contributed by atoms with E-state index in [4.69, 9.17) is 15.9 Å². The number of aromatic nitrogens is 1. The van der Waals surface area contributed by atoms with Crippen molar-refractivity contribution in [3.05, 3.63) is 23.4 Å². The van der Waals surface area contributed by atoms with E-state index < -0.39 is 0 Å². The van der Waals surface area contributed by atoms with E-state index in [-0.39, 0.29) is 5.84 Å². The second-order valence-corrected chi connectivity index (χ2v) is 4.14. The maximum absolute atomic E-state index is 7.42. The molecule has 0 bridgehead atoms. The third-order valence-corrected chi connectivity index (χ3v) is 2.77. The molecule has 0 atom stereocenters. The van der Waals surface area contributed by atoms with Crippen LogP contribution < -0.4 is 5.73 Å². The number of rotatable bonds is 5. The second-order valence-electron chi connectivity index (χ2n) is 3.06. The summed E-state index contributed by atoms with van der Waals surface area (Å²) in [7, 11) is 1.66. The van der Waals surface area contributed by atoms with E-state index in [1.54, 1.807) is 18.9 Å². The summed E-state index contributed by atoms with van der Waals surface area (Å²) in [5, 5.41) is 8.23. The molecule has 0 aliphatic carbocycles. The van der Waals surface area contributed by atoms with Crippen molar-refractivity contribution in [1.82, 2.24) is 4.98 Å². The molecule has 1 heterocycles. The van der Waals surface area contributed by atoms with E-state index in [9.17, 15) is 0 Å². The van der Waals surface area contributed by atoms with E-state index in [1.807, 2.05) is 19.1 Å². The zero-order valence-electron chi connectivity index (χ0n) is 8.91. The molecule has 0 saturated carbocycles. The molecule has 0 aliphatic heterocycles. The van der Waals surface area contributed by atoms with Crippen molar-refractivity contribution in [2.45, 2.75) is 11.9 Å². The Balaban J connectivity index is 2.82. The Kier molecular flexibility index (Phi) is 4.58. The van der Waals surface area contributed by atoms with Gasteiger partial charge in [-0.3, -0.25) is 5.41 Å². The quantitative estimate of drug-likeness (QED) is 0.344. The van der Waals surface area contributed by atoms with Crippen LogP contribution in [0.3, 0.4) is 0 Å². The van der Waals surface area contributed by atoms with Gasteiger partial charge in [-0.1, -0.05) is 0 Å². The third-order valence-electron chi connectivity index (χ3n) is 1.82. The molecular weight excluding hydrogens is 210 g/mol. The summed E-state index contributed by atoms with van der Waals surface area (Å²) < 4.78 is 4.96. The number of thioether (sulfide) groups is 1. The number of methoxy groups -OCH3 is 1. The second kappa shape index (κ2) is 5.72. The third kappa shape index (κ3) is 3.53. The number of aryl methyl sites for hydroxylation is 1. The van der Waals surface area contributed by atoms with Crippen molar-refractivity contribution in [2.24, 2.45) is 5.73 Å². The number of hydrogen-bond acceptors (Lipinski definition) is 4. The molecule has 82 valence electrons. The van der Waals surface area contributed by atoms with Gasteiger partial charge >= 0.3 is 0 Å². The highest BCUT2D eigenvalue weighted by molar-refractivity contribution is 7.99. The zero-order valence-corrected chi connectivity index (χ0v) is 9.73. The lowest BCUT2D eigenvalue weighted by Gasteiger charge is -2.07. The lowest BCUT2D eigenvalue weighted by Crippen LogP contribution is -2.13. The summed E-state index contributed by atoms with van der Waals surface area (Å²) >= 11 is 1.56. The molecule has 15 heavy (non-hydrogen) atoms. The number of nitrogens with two attached hydrogens (primary N) is 1. The van der Waals surface area contributed by atoms with Crippen LogP contribution in [-0.2, 0) is 4.74 Å². The molecule has 1 rings (SSSR count). The first-order valence-electron chi connectivity index (χ1n) is 4.59. The fourth-order valence-corrected chi connectivity index (χ4v) is 2.05. The van der Waals surface area contributed by atoms with E-state index in [2.05, 4.69) is 4.98 Å². The maximum atomic E-state index is 7.42. The van der Waals surface area contributed by atoms with Gasteiger partial charge in [-0.25, -0.2) is 4.98 Å². The van der Waals surface area contributed by atoms with Crippen LogP contribution in [0, 0.1) is 12.3 Å². The van der Waals surface area contributed by atoms with Crippen LogP contribution in [0.4, 0.5) is 0 Å². The summed E-state index contributed by atoms with van der Waals surface area (Å²) in [6.07, 6.45) is 0. The maximum Gasteiger partial charge on any atom is 0.125 e. The number of pyridine rings is 1. The van der Waals surface area contributed by atoms with Gasteiger partial charge in [-0.2, -0.15) is 0 Å². The Morgan fingerprint density at radius 3 is 2.93 bits per heavy atom. The van der Waals surface area contributed by atoms with Gasteiger partial charge in [0.25, 0.3) is 0 Å². The van der Waals surface area contributed by atoms with E-state index in [0.717, 1.165) is 16.5 Å². The Bertz CT molecular complexity index is 355. The predicted octanol–water partition coefficient (Wildman–Crippen LogP) is 1.41. The van der Waals surface area contributed by atoms with Crippen molar-refractivity contribution in [2.75, 3.05) is 19.5 Å². The van der Waals surface area contributed by atoms with Crippen molar-refractivity contribution in [1.29, 1.82) is 5.41 Å². The smallest absolute Gasteiger partial charge is 0.125 e. The van der Waals surface area contributed by atoms with Crippen LogP contribution >= 0.6 is 11.8 Å². The average molecular weight is 225 g/mol. The van der Waals surface area contributed by atoms with Gasteiger partial charge in [-0.15, -0.1) is 11.8 Å². The first-order chi connectivity index (χ1) is 7.15. The summed E-state index contributed by atoms with van der Waals surface area (Å²) in [5.74, 6) is 0.871. The van der Waals surface area contributed by atoms with Gasteiger partial charge in [0.2, 0.25) is 0 Å². The zero-order chi connectivity index (χ0) is 11.3. The molecule has 0 amide bonds. The molecule has 0 aliphatic rings. The number of amidine groups is 1. The number of hydrogen-bond donors (Lipinski definition) is 2. The monoisotopic (exact) mass is 225 g/mol. The summed E-state index contributed by atoms with van der Waals surface area (Å²) in [6.45, 7) is 2.59. The van der Waals surface area contributed by atoms with Crippen LogP contribution in [-0.4, -0.2) is 30.3 Å². The summed E-state index contributed by atoms with van der Waals surface area (Å²) in [4.78, 5) is 4.35. The van der Waals surface area contributed by atoms with E-state index >= 15 is 0 Å². The van der Waals surface area contributed by atoms with Crippen molar-refractivity contribution >= 4 is 17.6 Å². The molecule has 5 heteroatoms. The minimum Gasteiger partial charge on any atom is -0.384 e. The van der Waals surface area contributed by atoms with Crippen LogP contribution in [0.5, 0.6) is 0 Å². The SMILES string of the molecule is COCCSc1nc(C)ccc1C(=N)N. The van der Waals surface area contributed by atoms with Crippen molar-refractivity contribution < 1.29 is 4.74 Å². The summed E-state index contributed by atoms with van der Waals surface area (Å²) in [5.41, 5.74) is 7.09. The molecule has 1 aromatic heterocycles. The van der Waals surface area contributed by atoms with Crippen LogP contribution in [0.15, 0.2) is 17.2 Å². The molecule has 3 N–H and O–H groups in total. The lowest BCUT2D eigenvalue weighted by molar-refractivity contribution is 0.218. The number of nitrogens with zero attached hydrogens (tertiary/aromatic N) is 1. The van der Waals surface area contributed by atoms with Crippen LogP contribution in [0.25, 0.3) is 0 Å². The van der Waals surface area contributed by atoms with Gasteiger partial charge in [0, 0.05) is 24.1 Å². The first-order valence-corrected chi connectivity index (χ1v) is 5.57. The van der Waals surface area contributed by atoms with Crippen LogP contribution in [0.2, 0.25) is 0 Å². The molecular formula is C10H15N3OS. The first kappa shape index (κ1) is 12.0. The fourth-order valence-electron chi connectivity index (χ4n) is 1.07. The molecule has 4 nitrogen and oxygen atoms in total. The topological polar surface area (TPSA) is 72.0 Å². The molecule has 0 aromatic carbocycles. The van der Waals surface area contributed by atoms with Crippen LogP contribution in [0.1, 0.15) is 11.3 Å². The van der Waals surface area contributed by atoms with Crippen molar-refractivity contribution in [3.8, 4) is 0 Å². The van der Waals surface area contributed by atoms with Gasteiger partial charge in [0.05, 0.1) is 6.61 Å². The molecule has 0 spiro atoms. The highest BCUT2D eigenvalue weighted by Gasteiger charge is 2.07. The molecule has 0 saturated heterocycles. The highest BCUT2D eigenvalue weighted by atomic mass is 32.2. The molecule has 0 unspecified atom stereocenters. The number of ether oxygens (including phenoxy) is 1. The predicted molar refractivity (Wildman–Crippen MR) is 62.6 cm³/mol. The Hall–Kier alpha value is -1.07. The van der Waals surface area contributed by atoms with E-state index in [1.165, 1.54) is 0 Å². The van der Waals surface area contributed by atoms with Gasteiger partial charge in [-0.05, 0) is 19.1 Å². The van der Waals surface area contributed by atoms with E-state index in [0.29, 0.717) is 12.2 Å². The summed E-state index contributed by atoms with van der Waals surface area (Å²) in [6, 6.07) is 3.69. The highest BCUT2D eigenvalue weighted by Crippen LogP contribution is 2.20. The standard InChI is InChI=1S/C10H15N3OS/c1-7-3-4-8(9(11)12)10(13-7)15-6-5-14-2/h3-4H,5-6H2,1-2H3,(H3,11,12). The van der Waals surface area contributed by atoms with Gasteiger partial charge in [0.15, 0.2) is 0 Å². The van der Waals surface area contributed by atoms with Crippen molar-refractivity contribution in [3.63, 3.8) is 0 Å². The number of nitrogens with one attached hydrogen (secondary N) is 1. The largest absolute Gasteiger partial charge is 0.384 e. The van der Waals surface area contributed by atoms with Gasteiger partial charge in [0.1, 0.15) is 10.9 Å². The molecule has 0 fully saturated rings. The number of nitrogen functional groups attached to an aromatic ring is 1. The molecule has 1 aromatic rings. The Labute approximate surface area is 93.7 Å². The Morgan fingerprint density at radius 1 is 1.60 bits per heavy atom. The van der Waals surface area contributed by atoms with Gasteiger partial charge < -0.3 is 10.5 Å². The Morgan fingerprint density at radius 2 is 2.33 bits per heavy atom.